The molecule has 2 rings (SSSR count). The lowest BCUT2D eigenvalue weighted by molar-refractivity contribution is 0.417. The van der Waals surface area contributed by atoms with Gasteiger partial charge in [-0.1, -0.05) is 12.1 Å². The van der Waals surface area contributed by atoms with E-state index in [1.165, 1.54) is 0 Å². The Morgan fingerprint density at radius 2 is 1.83 bits per heavy atom. The van der Waals surface area contributed by atoms with Gasteiger partial charge in [0.1, 0.15) is 5.75 Å². The predicted molar refractivity (Wildman–Crippen MR) is 70.1 cm³/mol. The highest BCUT2D eigenvalue weighted by atomic mass is 16.5. The second kappa shape index (κ2) is 5.17. The summed E-state index contributed by atoms with van der Waals surface area (Å²) >= 11 is 0. The first-order valence-corrected chi connectivity index (χ1v) is 5.32. The van der Waals surface area contributed by atoms with Gasteiger partial charge in [-0.05, 0) is 12.1 Å². The van der Waals surface area contributed by atoms with E-state index in [-0.39, 0.29) is 5.95 Å². The van der Waals surface area contributed by atoms with E-state index in [2.05, 4.69) is 25.6 Å². The fourth-order valence-electron chi connectivity index (χ4n) is 1.43. The number of methoxy groups -OCH3 is 1. The van der Waals surface area contributed by atoms with Crippen molar-refractivity contribution in [2.24, 2.45) is 0 Å². The first-order chi connectivity index (χ1) is 8.72. The van der Waals surface area contributed by atoms with Gasteiger partial charge in [0.25, 0.3) is 0 Å². The van der Waals surface area contributed by atoms with E-state index < -0.39 is 0 Å². The fourth-order valence-corrected chi connectivity index (χ4v) is 1.43. The molecule has 0 radical (unpaired) electrons. The molecule has 1 aromatic heterocycles. The Balaban J connectivity index is 2.30. The highest BCUT2D eigenvalue weighted by Crippen LogP contribution is 2.25. The van der Waals surface area contributed by atoms with Crippen molar-refractivity contribution in [3.05, 3.63) is 24.3 Å². The average Bonchev–Trinajstić information content (AvgIpc) is 2.38. The third-order valence-electron chi connectivity index (χ3n) is 2.23. The van der Waals surface area contributed by atoms with Gasteiger partial charge in [0, 0.05) is 7.05 Å². The highest BCUT2D eigenvalue weighted by molar-refractivity contribution is 5.63. The Morgan fingerprint density at radius 3 is 2.56 bits per heavy atom. The molecule has 0 spiro atoms. The number of nitrogens with one attached hydrogen (secondary N) is 2. The molecule has 18 heavy (non-hydrogen) atoms. The molecule has 0 aliphatic carbocycles. The first kappa shape index (κ1) is 11.9. The zero-order valence-electron chi connectivity index (χ0n) is 10.1. The van der Waals surface area contributed by atoms with Crippen LogP contribution >= 0.6 is 0 Å². The van der Waals surface area contributed by atoms with E-state index in [4.69, 9.17) is 10.5 Å². The Kier molecular flexibility index (Phi) is 3.42. The zero-order valence-corrected chi connectivity index (χ0v) is 10.1. The van der Waals surface area contributed by atoms with Crippen LogP contribution in [0.1, 0.15) is 0 Å². The van der Waals surface area contributed by atoms with Crippen LogP contribution in [0.2, 0.25) is 0 Å². The summed E-state index contributed by atoms with van der Waals surface area (Å²) < 4.78 is 5.22. The molecule has 0 fully saturated rings. The lowest BCUT2D eigenvalue weighted by Gasteiger charge is -2.10. The maximum absolute atomic E-state index is 5.59. The number of para-hydroxylation sites is 2. The summed E-state index contributed by atoms with van der Waals surface area (Å²) in [7, 11) is 3.31. The maximum Gasteiger partial charge on any atom is 0.233 e. The monoisotopic (exact) mass is 246 g/mol. The van der Waals surface area contributed by atoms with E-state index in [1.54, 1.807) is 14.2 Å². The molecule has 0 bridgehead atoms. The van der Waals surface area contributed by atoms with Gasteiger partial charge < -0.3 is 21.1 Å². The number of rotatable bonds is 4. The number of benzene rings is 1. The Labute approximate surface area is 104 Å². The molecule has 0 aliphatic heterocycles. The summed E-state index contributed by atoms with van der Waals surface area (Å²) in [6, 6.07) is 7.46. The summed E-state index contributed by atoms with van der Waals surface area (Å²) in [6.07, 6.45) is 0. The number of hydrogen-bond donors (Lipinski definition) is 3. The number of aromatic nitrogens is 3. The van der Waals surface area contributed by atoms with Crippen LogP contribution in [0.25, 0.3) is 0 Å². The molecule has 94 valence electrons. The van der Waals surface area contributed by atoms with Gasteiger partial charge in [-0.2, -0.15) is 15.0 Å². The van der Waals surface area contributed by atoms with Gasteiger partial charge in [0.05, 0.1) is 12.8 Å². The molecule has 0 unspecified atom stereocenters. The van der Waals surface area contributed by atoms with Gasteiger partial charge in [-0.3, -0.25) is 0 Å². The summed E-state index contributed by atoms with van der Waals surface area (Å²) in [4.78, 5) is 12.1. The van der Waals surface area contributed by atoms with Crippen molar-refractivity contribution < 1.29 is 4.74 Å². The lowest BCUT2D eigenvalue weighted by atomic mass is 10.3. The van der Waals surface area contributed by atoms with Crippen LogP contribution in [0, 0.1) is 0 Å². The smallest absolute Gasteiger partial charge is 0.233 e. The molecule has 4 N–H and O–H groups in total. The van der Waals surface area contributed by atoms with Crippen molar-refractivity contribution in [1.29, 1.82) is 0 Å². The van der Waals surface area contributed by atoms with E-state index in [0.717, 1.165) is 5.69 Å². The molecule has 1 aromatic carbocycles. The molecule has 0 saturated heterocycles. The molecule has 1 heterocycles. The number of nitrogens with zero attached hydrogens (tertiary/aromatic N) is 3. The van der Waals surface area contributed by atoms with E-state index >= 15 is 0 Å². The quantitative estimate of drug-likeness (QED) is 0.746. The molecular formula is C11H14N6O. The minimum Gasteiger partial charge on any atom is -0.495 e. The topological polar surface area (TPSA) is 98.0 Å². The number of ether oxygens (including phenoxy) is 1. The summed E-state index contributed by atoms with van der Waals surface area (Å²) in [5, 5.41) is 5.84. The number of hydrogen-bond acceptors (Lipinski definition) is 7. The minimum atomic E-state index is 0.145. The number of nitrogens with two attached hydrogens (primary N) is 1. The van der Waals surface area contributed by atoms with E-state index in [9.17, 15) is 0 Å². The van der Waals surface area contributed by atoms with E-state index in [0.29, 0.717) is 17.6 Å². The highest BCUT2D eigenvalue weighted by Gasteiger charge is 2.06. The van der Waals surface area contributed by atoms with Crippen LogP contribution in [-0.2, 0) is 0 Å². The summed E-state index contributed by atoms with van der Waals surface area (Å²) in [6.45, 7) is 0. The van der Waals surface area contributed by atoms with Crippen molar-refractivity contribution in [2.45, 2.75) is 0 Å². The van der Waals surface area contributed by atoms with E-state index in [1.807, 2.05) is 24.3 Å². The first-order valence-electron chi connectivity index (χ1n) is 5.32. The zero-order chi connectivity index (χ0) is 13.0. The Bertz CT molecular complexity index is 545. The van der Waals surface area contributed by atoms with Crippen molar-refractivity contribution in [3.8, 4) is 5.75 Å². The Hall–Kier alpha value is -2.57. The van der Waals surface area contributed by atoms with Crippen LogP contribution in [0.3, 0.4) is 0 Å². The van der Waals surface area contributed by atoms with Crippen LogP contribution in [-0.4, -0.2) is 29.1 Å². The second-order valence-electron chi connectivity index (χ2n) is 3.42. The average molecular weight is 246 g/mol. The van der Waals surface area contributed by atoms with Gasteiger partial charge >= 0.3 is 0 Å². The van der Waals surface area contributed by atoms with Crippen LogP contribution in [0.4, 0.5) is 23.5 Å². The summed E-state index contributed by atoms with van der Waals surface area (Å²) in [5.74, 6) is 1.60. The molecule has 0 saturated carbocycles. The van der Waals surface area contributed by atoms with Crippen LogP contribution in [0.5, 0.6) is 5.75 Å². The van der Waals surface area contributed by atoms with Gasteiger partial charge in [-0.25, -0.2) is 0 Å². The largest absolute Gasteiger partial charge is 0.495 e. The molecular weight excluding hydrogens is 232 g/mol. The molecule has 2 aromatic rings. The molecule has 0 amide bonds. The van der Waals surface area contributed by atoms with Crippen LogP contribution < -0.4 is 21.1 Å². The van der Waals surface area contributed by atoms with Crippen molar-refractivity contribution in [3.63, 3.8) is 0 Å². The molecule has 7 heteroatoms. The third kappa shape index (κ3) is 2.57. The maximum atomic E-state index is 5.59. The van der Waals surface area contributed by atoms with Gasteiger partial charge in [0.15, 0.2) is 0 Å². The molecule has 0 aliphatic rings. The van der Waals surface area contributed by atoms with Gasteiger partial charge in [0.2, 0.25) is 17.8 Å². The van der Waals surface area contributed by atoms with Crippen molar-refractivity contribution in [1.82, 2.24) is 15.0 Å². The Morgan fingerprint density at radius 1 is 1.11 bits per heavy atom. The lowest BCUT2D eigenvalue weighted by Crippen LogP contribution is -2.07. The SMILES string of the molecule is CNc1nc(N)nc(Nc2ccccc2OC)n1. The normalized spacial score (nSPS) is 9.89. The minimum absolute atomic E-state index is 0.145. The second-order valence-corrected chi connectivity index (χ2v) is 3.42. The number of anilines is 4. The van der Waals surface area contributed by atoms with Gasteiger partial charge in [-0.15, -0.1) is 0 Å². The van der Waals surface area contributed by atoms with Crippen LogP contribution in [0.15, 0.2) is 24.3 Å². The predicted octanol–water partition coefficient (Wildman–Crippen LogP) is 1.25. The standard InChI is InChI=1S/C11H14N6O/c1-13-10-15-9(12)16-11(17-10)14-7-5-3-4-6-8(7)18-2/h3-6H,1-2H3,(H4,12,13,14,15,16,17). The van der Waals surface area contributed by atoms with Crippen molar-refractivity contribution in [2.75, 3.05) is 30.5 Å². The summed E-state index contributed by atoms with van der Waals surface area (Å²) in [5.41, 5.74) is 6.34. The fraction of sp³-hybridized carbons (Fsp3) is 0.182. The third-order valence-corrected chi connectivity index (χ3v) is 2.23. The number of nitrogen functional groups attached to an aromatic ring is 1. The molecule has 0 atom stereocenters. The van der Waals surface area contributed by atoms with Crippen molar-refractivity contribution >= 4 is 23.5 Å². The molecule has 7 nitrogen and oxygen atoms in total.